The van der Waals surface area contributed by atoms with Crippen LogP contribution in [0.25, 0.3) is 11.2 Å². The van der Waals surface area contributed by atoms with E-state index in [0.29, 0.717) is 12.5 Å². The molecule has 0 aliphatic rings. The lowest BCUT2D eigenvalue weighted by Gasteiger charge is -2.11. The van der Waals surface area contributed by atoms with Crippen LogP contribution in [0.3, 0.4) is 0 Å². The molecule has 2 aromatic heterocycles. The number of hydrogen-bond acceptors (Lipinski definition) is 3. The smallest absolute Gasteiger partial charge is 0.159 e. The Bertz CT molecular complexity index is 475. The summed E-state index contributed by atoms with van der Waals surface area (Å²) in [6.45, 7) is 5.88. The van der Waals surface area contributed by atoms with Gasteiger partial charge in [-0.05, 0) is 32.0 Å². The molecule has 0 aromatic carbocycles. The minimum Gasteiger partial charge on any atom is -0.330 e. The third-order valence-corrected chi connectivity index (χ3v) is 2.89. The van der Waals surface area contributed by atoms with Crippen LogP contribution in [0, 0.1) is 0 Å². The molecule has 1 atom stereocenters. The fourth-order valence-corrected chi connectivity index (χ4v) is 2.04. The number of aryl methyl sites for hydroxylation is 1. The zero-order valence-electron chi connectivity index (χ0n) is 9.85. The first-order valence-electron chi connectivity index (χ1n) is 5.79. The van der Waals surface area contributed by atoms with Crippen LogP contribution >= 0.6 is 0 Å². The van der Waals surface area contributed by atoms with Gasteiger partial charge >= 0.3 is 0 Å². The van der Waals surface area contributed by atoms with Gasteiger partial charge in [0.05, 0.1) is 0 Å². The average molecular weight is 218 g/mol. The summed E-state index contributed by atoms with van der Waals surface area (Å²) in [5.74, 6) is 1.49. The Balaban J connectivity index is 2.51. The van der Waals surface area contributed by atoms with Crippen molar-refractivity contribution in [1.82, 2.24) is 14.5 Å². The molecule has 2 aromatic rings. The molecule has 4 heteroatoms. The van der Waals surface area contributed by atoms with E-state index in [4.69, 9.17) is 5.73 Å². The molecule has 0 bridgehead atoms. The molecule has 0 saturated heterocycles. The van der Waals surface area contributed by atoms with E-state index in [1.165, 1.54) is 0 Å². The zero-order valence-corrected chi connectivity index (χ0v) is 9.85. The molecule has 0 fully saturated rings. The van der Waals surface area contributed by atoms with E-state index in [1.54, 1.807) is 0 Å². The van der Waals surface area contributed by atoms with Gasteiger partial charge in [-0.25, -0.2) is 9.97 Å². The first kappa shape index (κ1) is 11.1. The van der Waals surface area contributed by atoms with Gasteiger partial charge in [0, 0.05) is 18.7 Å². The maximum absolute atomic E-state index is 5.60. The van der Waals surface area contributed by atoms with Crippen molar-refractivity contribution < 1.29 is 0 Å². The number of nitrogens with zero attached hydrogens (tertiary/aromatic N) is 3. The van der Waals surface area contributed by atoms with Crippen LogP contribution in [0.4, 0.5) is 0 Å². The van der Waals surface area contributed by atoms with E-state index >= 15 is 0 Å². The molecule has 0 saturated carbocycles. The van der Waals surface area contributed by atoms with Crippen molar-refractivity contribution in [3.63, 3.8) is 0 Å². The van der Waals surface area contributed by atoms with Crippen LogP contribution in [0.5, 0.6) is 0 Å². The Hall–Kier alpha value is -1.42. The molecule has 0 amide bonds. The Morgan fingerprint density at radius 1 is 1.50 bits per heavy atom. The highest BCUT2D eigenvalue weighted by Crippen LogP contribution is 2.22. The molecule has 2 N–H and O–H groups in total. The van der Waals surface area contributed by atoms with Crippen LogP contribution < -0.4 is 5.73 Å². The molecular formula is C12H18N4. The van der Waals surface area contributed by atoms with E-state index < -0.39 is 0 Å². The van der Waals surface area contributed by atoms with Crippen molar-refractivity contribution >= 4 is 11.2 Å². The predicted molar refractivity (Wildman–Crippen MR) is 65.3 cm³/mol. The lowest BCUT2D eigenvalue weighted by Crippen LogP contribution is -2.10. The third-order valence-electron chi connectivity index (χ3n) is 2.89. The topological polar surface area (TPSA) is 56.7 Å². The SMILES string of the molecule is CCn1c(C(C)CCN)nc2cccnc21. The Morgan fingerprint density at radius 3 is 3.00 bits per heavy atom. The van der Waals surface area contributed by atoms with Gasteiger partial charge in [-0.2, -0.15) is 0 Å². The third kappa shape index (κ3) is 1.80. The summed E-state index contributed by atoms with van der Waals surface area (Å²) in [6, 6.07) is 3.93. The highest BCUT2D eigenvalue weighted by molar-refractivity contribution is 5.71. The minimum atomic E-state index is 0.388. The number of pyridine rings is 1. The predicted octanol–water partition coefficient (Wildman–Crippen LogP) is 1.90. The zero-order chi connectivity index (χ0) is 11.5. The highest BCUT2D eigenvalue weighted by Gasteiger charge is 2.15. The summed E-state index contributed by atoms with van der Waals surface area (Å²) in [5, 5.41) is 0. The van der Waals surface area contributed by atoms with Crippen molar-refractivity contribution in [1.29, 1.82) is 0 Å². The van der Waals surface area contributed by atoms with Crippen molar-refractivity contribution in [2.45, 2.75) is 32.7 Å². The van der Waals surface area contributed by atoms with Gasteiger partial charge in [-0.15, -0.1) is 0 Å². The van der Waals surface area contributed by atoms with Crippen LogP contribution in [0.15, 0.2) is 18.3 Å². The molecule has 4 nitrogen and oxygen atoms in total. The highest BCUT2D eigenvalue weighted by atomic mass is 15.1. The summed E-state index contributed by atoms with van der Waals surface area (Å²) >= 11 is 0. The van der Waals surface area contributed by atoms with Crippen molar-refractivity contribution in [3.8, 4) is 0 Å². The second-order valence-electron chi connectivity index (χ2n) is 4.04. The van der Waals surface area contributed by atoms with E-state index in [-0.39, 0.29) is 0 Å². The standard InChI is InChI=1S/C12H18N4/c1-3-16-11(9(2)6-7-13)15-10-5-4-8-14-12(10)16/h4-5,8-9H,3,6-7,13H2,1-2H3. The van der Waals surface area contributed by atoms with Crippen LogP contribution in [0.1, 0.15) is 32.0 Å². The molecule has 0 aliphatic heterocycles. The average Bonchev–Trinajstić information content (AvgIpc) is 2.67. The maximum atomic E-state index is 5.60. The Kier molecular flexibility index (Phi) is 3.19. The Labute approximate surface area is 95.5 Å². The lowest BCUT2D eigenvalue weighted by molar-refractivity contribution is 0.597. The van der Waals surface area contributed by atoms with Gasteiger partial charge < -0.3 is 10.3 Å². The van der Waals surface area contributed by atoms with E-state index in [9.17, 15) is 0 Å². The van der Waals surface area contributed by atoms with Gasteiger partial charge in [0.15, 0.2) is 5.65 Å². The monoisotopic (exact) mass is 218 g/mol. The largest absolute Gasteiger partial charge is 0.330 e. The van der Waals surface area contributed by atoms with Gasteiger partial charge in [-0.1, -0.05) is 6.92 Å². The second kappa shape index (κ2) is 4.61. The lowest BCUT2D eigenvalue weighted by atomic mass is 10.1. The number of hydrogen-bond donors (Lipinski definition) is 1. The summed E-state index contributed by atoms with van der Waals surface area (Å²) in [7, 11) is 0. The number of rotatable bonds is 4. The second-order valence-corrected chi connectivity index (χ2v) is 4.04. The molecule has 2 heterocycles. The van der Waals surface area contributed by atoms with Crippen LogP contribution in [-0.4, -0.2) is 21.1 Å². The van der Waals surface area contributed by atoms with E-state index in [1.807, 2.05) is 18.3 Å². The number of fused-ring (bicyclic) bond motifs is 1. The van der Waals surface area contributed by atoms with Crippen molar-refractivity contribution in [2.75, 3.05) is 6.54 Å². The normalized spacial score (nSPS) is 13.2. The van der Waals surface area contributed by atoms with E-state index in [2.05, 4.69) is 28.4 Å². The van der Waals surface area contributed by atoms with Gasteiger partial charge in [-0.3, -0.25) is 0 Å². The van der Waals surface area contributed by atoms with Crippen molar-refractivity contribution in [3.05, 3.63) is 24.2 Å². The molecule has 1 unspecified atom stereocenters. The quantitative estimate of drug-likeness (QED) is 0.852. The fourth-order valence-electron chi connectivity index (χ4n) is 2.04. The number of aromatic nitrogens is 3. The molecule has 0 aliphatic carbocycles. The van der Waals surface area contributed by atoms with Crippen LogP contribution in [0.2, 0.25) is 0 Å². The molecule has 16 heavy (non-hydrogen) atoms. The number of nitrogens with two attached hydrogens (primary N) is 1. The van der Waals surface area contributed by atoms with Gasteiger partial charge in [0.1, 0.15) is 11.3 Å². The Morgan fingerprint density at radius 2 is 2.31 bits per heavy atom. The van der Waals surface area contributed by atoms with Crippen LogP contribution in [-0.2, 0) is 6.54 Å². The summed E-state index contributed by atoms with van der Waals surface area (Å²) < 4.78 is 2.18. The van der Waals surface area contributed by atoms with Crippen molar-refractivity contribution in [2.24, 2.45) is 5.73 Å². The van der Waals surface area contributed by atoms with E-state index in [0.717, 1.165) is 30.0 Å². The maximum Gasteiger partial charge on any atom is 0.159 e. The molecule has 2 rings (SSSR count). The molecule has 0 radical (unpaired) electrons. The first-order chi connectivity index (χ1) is 7.77. The first-order valence-corrected chi connectivity index (χ1v) is 5.79. The molecular weight excluding hydrogens is 200 g/mol. The summed E-state index contributed by atoms with van der Waals surface area (Å²) in [4.78, 5) is 9.03. The fraction of sp³-hybridized carbons (Fsp3) is 0.500. The molecule has 0 spiro atoms. The number of imidazole rings is 1. The van der Waals surface area contributed by atoms with Gasteiger partial charge in [0.2, 0.25) is 0 Å². The van der Waals surface area contributed by atoms with Gasteiger partial charge in [0.25, 0.3) is 0 Å². The summed E-state index contributed by atoms with van der Waals surface area (Å²) in [5.41, 5.74) is 7.55. The molecule has 86 valence electrons. The summed E-state index contributed by atoms with van der Waals surface area (Å²) in [6.07, 6.45) is 2.77. The minimum absolute atomic E-state index is 0.388.